The molecule has 0 aliphatic carbocycles. The van der Waals surface area contributed by atoms with Gasteiger partial charge in [-0.25, -0.2) is 4.79 Å². The Hall–Kier alpha value is -3.70. The van der Waals surface area contributed by atoms with E-state index in [0.29, 0.717) is 49.3 Å². The number of ether oxygens (including phenoxy) is 2. The number of aliphatic hydroxyl groups is 1. The lowest BCUT2D eigenvalue weighted by Gasteiger charge is -2.36. The molecule has 43 heavy (non-hydrogen) atoms. The van der Waals surface area contributed by atoms with Gasteiger partial charge in [0.15, 0.2) is 6.29 Å². The molecule has 0 aromatic heterocycles. The topological polar surface area (TPSA) is 142 Å². The molecule has 1 amide bonds. The van der Waals surface area contributed by atoms with Crippen LogP contribution in [0.5, 0.6) is 0 Å². The number of hydrogen-bond donors (Lipinski definition) is 4. The Labute approximate surface area is 255 Å². The first-order valence-electron chi connectivity index (χ1n) is 14.4. The van der Waals surface area contributed by atoms with Crippen molar-refractivity contribution < 1.29 is 39.2 Å². The Morgan fingerprint density at radius 2 is 1.49 bits per heavy atom. The average molecular weight is 608 g/mol. The fourth-order valence-electron chi connectivity index (χ4n) is 4.79. The molecule has 1 saturated heterocycles. The van der Waals surface area contributed by atoms with Gasteiger partial charge in [-0.1, -0.05) is 67.1 Å². The summed E-state index contributed by atoms with van der Waals surface area (Å²) in [4.78, 5) is 35.1. The molecule has 1 heterocycles. The second-order valence-electron chi connectivity index (χ2n) is 10.4. The van der Waals surface area contributed by atoms with Crippen LogP contribution in [0.2, 0.25) is 0 Å². The third kappa shape index (κ3) is 9.93. The molecular formula is C33H37NO8S. The van der Waals surface area contributed by atoms with Gasteiger partial charge in [0.25, 0.3) is 0 Å². The summed E-state index contributed by atoms with van der Waals surface area (Å²) in [5, 5.41) is 30.6. The molecule has 0 unspecified atom stereocenters. The Morgan fingerprint density at radius 1 is 0.814 bits per heavy atom. The summed E-state index contributed by atoms with van der Waals surface area (Å²) < 4.78 is 12.8. The Balaban J connectivity index is 1.39. The lowest BCUT2D eigenvalue weighted by atomic mass is 10.0. The molecule has 4 rings (SSSR count). The Morgan fingerprint density at radius 3 is 2.19 bits per heavy atom. The molecule has 3 aromatic rings. The minimum atomic E-state index is -0.970. The van der Waals surface area contributed by atoms with Crippen molar-refractivity contribution >= 4 is 29.6 Å². The maximum absolute atomic E-state index is 12.2. The zero-order chi connectivity index (χ0) is 30.6. The summed E-state index contributed by atoms with van der Waals surface area (Å²) >= 11 is 1.44. The van der Waals surface area contributed by atoms with Crippen molar-refractivity contribution in [3.05, 3.63) is 101 Å². The number of carbonyl (C=O) groups is 3. The van der Waals surface area contributed by atoms with Crippen molar-refractivity contribution in [1.82, 2.24) is 5.32 Å². The number of aromatic carboxylic acids is 1. The van der Waals surface area contributed by atoms with E-state index in [9.17, 15) is 24.6 Å². The number of nitrogens with one attached hydrogen (secondary N) is 1. The van der Waals surface area contributed by atoms with Crippen LogP contribution >= 0.6 is 11.8 Å². The first-order valence-corrected chi connectivity index (χ1v) is 15.3. The van der Waals surface area contributed by atoms with Crippen molar-refractivity contribution in [2.45, 2.75) is 75.1 Å². The van der Waals surface area contributed by atoms with E-state index in [1.165, 1.54) is 11.8 Å². The van der Waals surface area contributed by atoms with Crippen molar-refractivity contribution in [1.29, 1.82) is 0 Å². The molecule has 1 aliphatic heterocycles. The van der Waals surface area contributed by atoms with Gasteiger partial charge in [-0.05, 0) is 41.7 Å². The second kappa shape index (κ2) is 16.2. The molecule has 0 saturated carbocycles. The van der Waals surface area contributed by atoms with Crippen LogP contribution in [0.1, 0.15) is 83.5 Å². The number of carboxylic acid groups (broad SMARTS) is 2. The predicted molar refractivity (Wildman–Crippen MR) is 162 cm³/mol. The van der Waals surface area contributed by atoms with E-state index in [1.54, 1.807) is 18.2 Å². The van der Waals surface area contributed by atoms with Crippen LogP contribution in [0.25, 0.3) is 0 Å². The number of benzene rings is 3. The fourth-order valence-corrected chi connectivity index (χ4v) is 5.86. The van der Waals surface area contributed by atoms with Gasteiger partial charge in [0.2, 0.25) is 5.91 Å². The lowest BCUT2D eigenvalue weighted by Crippen LogP contribution is -2.31. The number of thioether (sulfide) groups is 1. The van der Waals surface area contributed by atoms with E-state index in [2.05, 4.69) is 5.32 Å². The van der Waals surface area contributed by atoms with Crippen LogP contribution in [0.3, 0.4) is 0 Å². The summed E-state index contributed by atoms with van der Waals surface area (Å²) in [5.41, 5.74) is 3.78. The van der Waals surface area contributed by atoms with Crippen molar-refractivity contribution in [3.8, 4) is 0 Å². The van der Waals surface area contributed by atoms with Crippen LogP contribution in [0.4, 0.5) is 0 Å². The van der Waals surface area contributed by atoms with Crippen LogP contribution < -0.4 is 5.32 Å². The van der Waals surface area contributed by atoms with E-state index in [1.807, 2.05) is 54.6 Å². The van der Waals surface area contributed by atoms with Gasteiger partial charge in [0, 0.05) is 42.0 Å². The molecule has 9 nitrogen and oxygen atoms in total. The number of aliphatic hydroxyl groups excluding tert-OH is 1. The van der Waals surface area contributed by atoms with E-state index < -0.39 is 18.2 Å². The minimum absolute atomic E-state index is 0.0423. The smallest absolute Gasteiger partial charge is 0.336 e. The Kier molecular flexibility index (Phi) is 12.2. The van der Waals surface area contributed by atoms with E-state index in [0.717, 1.165) is 22.3 Å². The number of carbonyl (C=O) groups excluding carboxylic acids is 1. The number of amides is 1. The van der Waals surface area contributed by atoms with Crippen LogP contribution in [0.15, 0.2) is 77.7 Å². The van der Waals surface area contributed by atoms with E-state index in [4.69, 9.17) is 14.6 Å². The highest BCUT2D eigenvalue weighted by Gasteiger charge is 2.32. The van der Waals surface area contributed by atoms with Gasteiger partial charge in [0.1, 0.15) is 0 Å². The molecule has 0 spiro atoms. The molecule has 0 bridgehead atoms. The first-order chi connectivity index (χ1) is 20.8. The zero-order valence-electron chi connectivity index (χ0n) is 23.8. The van der Waals surface area contributed by atoms with Crippen LogP contribution in [-0.4, -0.2) is 45.0 Å². The largest absolute Gasteiger partial charge is 0.481 e. The summed E-state index contributed by atoms with van der Waals surface area (Å²) in [6, 6.07) is 22.2. The Bertz CT molecular complexity index is 1360. The van der Waals surface area contributed by atoms with Gasteiger partial charge in [-0.15, -0.1) is 11.8 Å². The lowest BCUT2D eigenvalue weighted by molar-refractivity contribution is -0.245. The molecule has 3 atom stereocenters. The average Bonchev–Trinajstić information content (AvgIpc) is 3.02. The van der Waals surface area contributed by atoms with Crippen molar-refractivity contribution in [3.63, 3.8) is 0 Å². The maximum atomic E-state index is 12.2. The van der Waals surface area contributed by atoms with Crippen molar-refractivity contribution in [2.75, 3.05) is 5.75 Å². The minimum Gasteiger partial charge on any atom is -0.481 e. The second-order valence-corrected chi connectivity index (χ2v) is 11.5. The van der Waals surface area contributed by atoms with Crippen LogP contribution in [-0.2, 0) is 32.2 Å². The number of unbranched alkanes of at least 4 members (excludes halogenated alkanes) is 2. The normalized spacial score (nSPS) is 18.2. The molecule has 0 radical (unpaired) electrons. The van der Waals surface area contributed by atoms with Crippen molar-refractivity contribution in [2.24, 2.45) is 0 Å². The highest BCUT2D eigenvalue weighted by Crippen LogP contribution is 2.39. The molecule has 1 fully saturated rings. The third-order valence-electron chi connectivity index (χ3n) is 7.19. The van der Waals surface area contributed by atoms with Crippen LogP contribution in [0, 0.1) is 0 Å². The third-order valence-corrected chi connectivity index (χ3v) is 8.40. The summed E-state index contributed by atoms with van der Waals surface area (Å²) in [6.07, 6.45) is 1.86. The molecule has 228 valence electrons. The highest BCUT2D eigenvalue weighted by molar-refractivity contribution is 7.99. The van der Waals surface area contributed by atoms with Gasteiger partial charge < -0.3 is 30.1 Å². The van der Waals surface area contributed by atoms with E-state index >= 15 is 0 Å². The summed E-state index contributed by atoms with van der Waals surface area (Å²) in [5.74, 6) is -1.32. The summed E-state index contributed by atoms with van der Waals surface area (Å²) in [7, 11) is 0. The van der Waals surface area contributed by atoms with Gasteiger partial charge in [-0.2, -0.15) is 0 Å². The van der Waals surface area contributed by atoms with Gasteiger partial charge in [0.05, 0.1) is 24.4 Å². The van der Waals surface area contributed by atoms with Gasteiger partial charge in [-0.3, -0.25) is 9.59 Å². The molecule has 1 aliphatic rings. The molecule has 10 heteroatoms. The molecule has 4 N–H and O–H groups in total. The highest BCUT2D eigenvalue weighted by atomic mass is 32.2. The SMILES string of the molecule is O=C(O)CCCCCC(=O)NCc1ccc([C@@H]2O[C@H](CSc3ccccc3C(=O)O)C[C@H](c3ccc(CO)cc3)O2)cc1. The first kappa shape index (κ1) is 32.2. The fraction of sp³-hybridized carbons (Fsp3) is 0.364. The van der Waals surface area contributed by atoms with E-state index in [-0.39, 0.29) is 36.7 Å². The number of aliphatic carboxylic acids is 1. The molecule has 3 aromatic carbocycles. The maximum Gasteiger partial charge on any atom is 0.336 e. The van der Waals surface area contributed by atoms with Gasteiger partial charge >= 0.3 is 11.9 Å². The number of carboxylic acids is 2. The zero-order valence-corrected chi connectivity index (χ0v) is 24.6. The molecular weight excluding hydrogens is 570 g/mol. The summed E-state index contributed by atoms with van der Waals surface area (Å²) in [6.45, 7) is 0.335. The predicted octanol–water partition coefficient (Wildman–Crippen LogP) is 5.87. The monoisotopic (exact) mass is 607 g/mol. The quantitative estimate of drug-likeness (QED) is 0.123. The standard InChI is InChI=1S/C33H37NO8S/c35-20-23-12-14-24(15-13-23)28-18-26(21-43-29-7-5-4-6-27(29)32(39)40)41-33(42-28)25-16-10-22(11-17-25)19-34-30(36)8-2-1-3-9-31(37)38/h4-7,10-17,26,28,33,35H,1-3,8-9,18-21H2,(H,34,36)(H,37,38)(H,39,40)/t26-,28+,33+/m0/s1. The number of rotatable bonds is 15. The number of hydrogen-bond acceptors (Lipinski definition) is 7.